The molecule has 3 amide bonds. The van der Waals surface area contributed by atoms with Crippen molar-refractivity contribution in [2.24, 2.45) is 11.7 Å². The highest BCUT2D eigenvalue weighted by atomic mass is 16.2. The van der Waals surface area contributed by atoms with Crippen molar-refractivity contribution in [1.29, 1.82) is 0 Å². The summed E-state index contributed by atoms with van der Waals surface area (Å²) in [6.45, 7) is 0. The van der Waals surface area contributed by atoms with Crippen molar-refractivity contribution in [3.05, 3.63) is 0 Å². The summed E-state index contributed by atoms with van der Waals surface area (Å²) in [4.78, 5) is 35.9. The van der Waals surface area contributed by atoms with Gasteiger partial charge in [-0.1, -0.05) is 0 Å². The predicted octanol–water partition coefficient (Wildman–Crippen LogP) is -0.623. The number of nitrogens with two attached hydrogens (primary N) is 1. The molecule has 0 aromatic heterocycles. The van der Waals surface area contributed by atoms with Crippen molar-refractivity contribution in [1.82, 2.24) is 10.2 Å². The topological polar surface area (TPSA) is 92.5 Å². The lowest BCUT2D eigenvalue weighted by Crippen LogP contribution is -2.53. The number of nitrogens with zero attached hydrogens (tertiary/aromatic N) is 1. The summed E-state index contributed by atoms with van der Waals surface area (Å²) in [6.07, 6.45) is 3.11. The van der Waals surface area contributed by atoms with Crippen LogP contribution in [0.15, 0.2) is 0 Å². The van der Waals surface area contributed by atoms with E-state index in [9.17, 15) is 14.4 Å². The average molecular weight is 253 g/mol. The first-order valence-electron chi connectivity index (χ1n) is 6.34. The van der Waals surface area contributed by atoms with Crippen LogP contribution in [0.25, 0.3) is 0 Å². The smallest absolute Gasteiger partial charge is 0.251 e. The predicted molar refractivity (Wildman–Crippen MR) is 64.3 cm³/mol. The molecule has 2 aliphatic rings. The van der Waals surface area contributed by atoms with Gasteiger partial charge in [0, 0.05) is 25.9 Å². The summed E-state index contributed by atoms with van der Waals surface area (Å²) in [6, 6.07) is -0.686. The Hall–Kier alpha value is -1.43. The van der Waals surface area contributed by atoms with E-state index in [4.69, 9.17) is 5.73 Å². The van der Waals surface area contributed by atoms with Crippen LogP contribution in [0.1, 0.15) is 32.1 Å². The summed E-state index contributed by atoms with van der Waals surface area (Å²) < 4.78 is 0. The maximum Gasteiger partial charge on any atom is 0.251 e. The number of hydrogen-bond acceptors (Lipinski definition) is 4. The fourth-order valence-electron chi connectivity index (χ4n) is 2.21. The molecule has 6 nitrogen and oxygen atoms in total. The Morgan fingerprint density at radius 1 is 1.44 bits per heavy atom. The maximum absolute atomic E-state index is 11.8. The van der Waals surface area contributed by atoms with Gasteiger partial charge < -0.3 is 11.1 Å². The highest BCUT2D eigenvalue weighted by molar-refractivity contribution is 6.01. The van der Waals surface area contributed by atoms with Crippen molar-refractivity contribution in [2.45, 2.75) is 44.2 Å². The van der Waals surface area contributed by atoms with Crippen LogP contribution >= 0.6 is 0 Å². The molecule has 6 heteroatoms. The summed E-state index contributed by atoms with van der Waals surface area (Å²) >= 11 is 0. The number of likely N-dealkylation sites (tertiary alicyclic amines) is 1. The third kappa shape index (κ3) is 2.87. The fourth-order valence-corrected chi connectivity index (χ4v) is 2.21. The number of imide groups is 1. The van der Waals surface area contributed by atoms with Gasteiger partial charge in [0.15, 0.2) is 0 Å². The van der Waals surface area contributed by atoms with Gasteiger partial charge in [0.05, 0.1) is 0 Å². The molecule has 3 N–H and O–H groups in total. The monoisotopic (exact) mass is 253 g/mol. The molecule has 1 aliphatic carbocycles. The van der Waals surface area contributed by atoms with Gasteiger partial charge in [-0.2, -0.15) is 0 Å². The van der Waals surface area contributed by atoms with E-state index in [0.29, 0.717) is 18.8 Å². The van der Waals surface area contributed by atoms with Gasteiger partial charge in [-0.15, -0.1) is 0 Å². The second kappa shape index (κ2) is 5.06. The van der Waals surface area contributed by atoms with E-state index in [0.717, 1.165) is 17.7 Å². The quantitative estimate of drug-likeness (QED) is 0.653. The first-order valence-corrected chi connectivity index (χ1v) is 6.34. The Morgan fingerprint density at radius 2 is 2.11 bits per heavy atom. The summed E-state index contributed by atoms with van der Waals surface area (Å²) in [7, 11) is 1.44. The van der Waals surface area contributed by atoms with Crippen LogP contribution < -0.4 is 11.1 Å². The Morgan fingerprint density at radius 3 is 2.72 bits per heavy atom. The number of piperidine rings is 1. The SMILES string of the molecule is CN1C(=O)CCC(NC(=O)CC(N)C2CC2)C1=O. The van der Waals surface area contributed by atoms with Crippen molar-refractivity contribution in [3.63, 3.8) is 0 Å². The second-order valence-corrected chi connectivity index (χ2v) is 5.16. The van der Waals surface area contributed by atoms with Gasteiger partial charge in [-0.25, -0.2) is 0 Å². The van der Waals surface area contributed by atoms with Gasteiger partial charge in [-0.05, 0) is 25.2 Å². The molecule has 0 spiro atoms. The number of carbonyl (C=O) groups is 3. The van der Waals surface area contributed by atoms with Gasteiger partial charge in [-0.3, -0.25) is 19.3 Å². The largest absolute Gasteiger partial charge is 0.344 e. The number of hydrogen-bond donors (Lipinski definition) is 2. The number of nitrogens with one attached hydrogen (secondary N) is 1. The molecule has 2 atom stereocenters. The van der Waals surface area contributed by atoms with Gasteiger partial charge in [0.2, 0.25) is 11.8 Å². The molecule has 0 aromatic carbocycles. The lowest BCUT2D eigenvalue weighted by molar-refractivity contribution is -0.149. The molecule has 2 fully saturated rings. The van der Waals surface area contributed by atoms with Crippen molar-refractivity contribution < 1.29 is 14.4 Å². The third-order valence-electron chi connectivity index (χ3n) is 3.63. The standard InChI is InChI=1S/C12H19N3O3/c1-15-11(17)5-4-9(12(15)18)14-10(16)6-8(13)7-2-3-7/h7-9H,2-6,13H2,1H3,(H,14,16). The molecule has 100 valence electrons. The number of likely N-dealkylation sites (N-methyl/N-ethyl adjacent to an activating group) is 1. The molecule has 18 heavy (non-hydrogen) atoms. The zero-order valence-corrected chi connectivity index (χ0v) is 10.5. The van der Waals surface area contributed by atoms with E-state index in [1.54, 1.807) is 0 Å². The van der Waals surface area contributed by atoms with Crippen LogP contribution in [-0.4, -0.2) is 41.8 Å². The minimum Gasteiger partial charge on any atom is -0.344 e. The first kappa shape index (κ1) is 13.0. The minimum absolute atomic E-state index is 0.108. The molecule has 0 bridgehead atoms. The molecular weight excluding hydrogens is 234 g/mol. The lowest BCUT2D eigenvalue weighted by atomic mass is 10.0. The molecule has 0 radical (unpaired) electrons. The average Bonchev–Trinajstić information content (AvgIpc) is 3.14. The highest BCUT2D eigenvalue weighted by Gasteiger charge is 2.34. The Labute approximate surface area is 106 Å². The highest BCUT2D eigenvalue weighted by Crippen LogP contribution is 2.32. The van der Waals surface area contributed by atoms with E-state index >= 15 is 0 Å². The minimum atomic E-state index is -0.577. The van der Waals surface area contributed by atoms with Crippen LogP contribution in [-0.2, 0) is 14.4 Å². The molecule has 1 heterocycles. The summed E-state index contributed by atoms with van der Waals surface area (Å²) in [5.74, 6) is -0.266. The zero-order chi connectivity index (χ0) is 13.3. The molecular formula is C12H19N3O3. The number of carbonyl (C=O) groups excluding carboxylic acids is 3. The van der Waals surface area contributed by atoms with Gasteiger partial charge in [0.25, 0.3) is 5.91 Å². The van der Waals surface area contributed by atoms with Crippen LogP contribution in [0.2, 0.25) is 0 Å². The van der Waals surface area contributed by atoms with Crippen molar-refractivity contribution in [3.8, 4) is 0 Å². The van der Waals surface area contributed by atoms with Crippen LogP contribution in [0.5, 0.6) is 0 Å². The summed E-state index contributed by atoms with van der Waals surface area (Å²) in [5.41, 5.74) is 5.86. The van der Waals surface area contributed by atoms with E-state index in [1.807, 2.05) is 0 Å². The van der Waals surface area contributed by atoms with Gasteiger partial charge in [0.1, 0.15) is 6.04 Å². The summed E-state index contributed by atoms with van der Waals surface area (Å²) in [5, 5.41) is 2.67. The molecule has 1 saturated carbocycles. The molecule has 0 aromatic rings. The van der Waals surface area contributed by atoms with Crippen LogP contribution in [0.4, 0.5) is 0 Å². The molecule has 2 unspecified atom stereocenters. The first-order chi connectivity index (χ1) is 8.49. The van der Waals surface area contributed by atoms with Crippen molar-refractivity contribution in [2.75, 3.05) is 7.05 Å². The van der Waals surface area contributed by atoms with E-state index in [1.165, 1.54) is 7.05 Å². The second-order valence-electron chi connectivity index (χ2n) is 5.16. The number of rotatable bonds is 4. The van der Waals surface area contributed by atoms with E-state index < -0.39 is 6.04 Å². The zero-order valence-electron chi connectivity index (χ0n) is 10.5. The van der Waals surface area contributed by atoms with Gasteiger partial charge >= 0.3 is 0 Å². The normalized spacial score (nSPS) is 26.1. The maximum atomic E-state index is 11.8. The fraction of sp³-hybridized carbons (Fsp3) is 0.750. The lowest BCUT2D eigenvalue weighted by Gasteiger charge is -2.28. The molecule has 1 saturated heterocycles. The number of amides is 3. The van der Waals surface area contributed by atoms with Crippen LogP contribution in [0.3, 0.4) is 0 Å². The Bertz CT molecular complexity index is 379. The Kier molecular flexibility index (Phi) is 3.65. The Balaban J connectivity index is 1.83. The van der Waals surface area contributed by atoms with Crippen molar-refractivity contribution >= 4 is 17.7 Å². The molecule has 2 rings (SSSR count). The van der Waals surface area contributed by atoms with Crippen LogP contribution in [0, 0.1) is 5.92 Å². The van der Waals surface area contributed by atoms with E-state index in [2.05, 4.69) is 5.32 Å². The molecule has 1 aliphatic heterocycles. The third-order valence-corrected chi connectivity index (χ3v) is 3.63. The van der Waals surface area contributed by atoms with E-state index in [-0.39, 0.29) is 30.2 Å².